The maximum Gasteiger partial charge on any atom is 0.248 e. The third kappa shape index (κ3) is 5.25. The first kappa shape index (κ1) is 21.5. The smallest absolute Gasteiger partial charge is 0.248 e. The van der Waals surface area contributed by atoms with Crippen LogP contribution in [0.25, 0.3) is 6.08 Å². The molecule has 29 heavy (non-hydrogen) atoms. The molecule has 1 aliphatic heterocycles. The molecule has 8 heteroatoms. The van der Waals surface area contributed by atoms with Crippen LogP contribution in [0, 0.1) is 13.8 Å². The number of sulfonamides is 1. The molecular weight excluding hydrogens is 412 g/mol. The van der Waals surface area contributed by atoms with Crippen molar-refractivity contribution in [1.82, 2.24) is 4.31 Å². The first-order valence-corrected chi connectivity index (χ1v) is 11.0. The van der Waals surface area contributed by atoms with Crippen LogP contribution in [0.2, 0.25) is 5.02 Å². The molecule has 3 rings (SSSR count). The lowest BCUT2D eigenvalue weighted by Gasteiger charge is -2.26. The number of anilines is 1. The van der Waals surface area contributed by atoms with Gasteiger partial charge in [-0.05, 0) is 54.8 Å². The maximum atomic E-state index is 12.6. The van der Waals surface area contributed by atoms with Gasteiger partial charge in [0, 0.05) is 19.2 Å². The zero-order chi connectivity index (χ0) is 21.0. The monoisotopic (exact) mass is 434 g/mol. The second kappa shape index (κ2) is 9.09. The molecule has 1 saturated heterocycles. The molecule has 0 saturated carbocycles. The topological polar surface area (TPSA) is 75.7 Å². The number of ether oxygens (including phenoxy) is 1. The minimum atomic E-state index is -3.53. The highest BCUT2D eigenvalue weighted by Crippen LogP contribution is 2.27. The molecule has 1 N–H and O–H groups in total. The normalized spacial score (nSPS) is 15.6. The largest absolute Gasteiger partial charge is 0.379 e. The van der Waals surface area contributed by atoms with Gasteiger partial charge in [-0.15, -0.1) is 0 Å². The molecule has 0 bridgehead atoms. The van der Waals surface area contributed by atoms with Crippen LogP contribution in [0.5, 0.6) is 0 Å². The fraction of sp³-hybridized carbons (Fsp3) is 0.286. The van der Waals surface area contributed by atoms with Crippen molar-refractivity contribution in [2.75, 3.05) is 31.6 Å². The standard InChI is InChI=1S/C21H23ClN2O4S/c1-15-13-16(2)21(19(22)14-15)23-20(25)8-5-17-3-6-18(7-4-17)29(26,27)24-9-11-28-12-10-24/h3-8,13-14H,9-12H2,1-2H3,(H,23,25). The SMILES string of the molecule is Cc1cc(C)c(NC(=O)C=Cc2ccc(S(=O)(=O)N3CCOCC3)cc2)c(Cl)c1. The van der Waals surface area contributed by atoms with Crippen LogP contribution in [0.1, 0.15) is 16.7 Å². The molecule has 0 aromatic heterocycles. The molecule has 0 radical (unpaired) electrons. The van der Waals surface area contributed by atoms with Gasteiger partial charge < -0.3 is 10.1 Å². The lowest BCUT2D eigenvalue weighted by Crippen LogP contribution is -2.40. The minimum absolute atomic E-state index is 0.225. The Kier molecular flexibility index (Phi) is 6.74. The zero-order valence-electron chi connectivity index (χ0n) is 16.3. The first-order valence-electron chi connectivity index (χ1n) is 9.21. The van der Waals surface area contributed by atoms with E-state index in [4.69, 9.17) is 16.3 Å². The summed E-state index contributed by atoms with van der Waals surface area (Å²) >= 11 is 6.21. The Morgan fingerprint density at radius 2 is 1.79 bits per heavy atom. The van der Waals surface area contributed by atoms with E-state index in [0.717, 1.165) is 11.1 Å². The number of hydrogen-bond acceptors (Lipinski definition) is 4. The maximum absolute atomic E-state index is 12.6. The third-order valence-corrected chi connectivity index (χ3v) is 6.81. The van der Waals surface area contributed by atoms with Gasteiger partial charge in [0.25, 0.3) is 0 Å². The van der Waals surface area contributed by atoms with Crippen molar-refractivity contribution in [3.05, 3.63) is 64.2 Å². The van der Waals surface area contributed by atoms with Gasteiger partial charge in [-0.1, -0.05) is 29.8 Å². The van der Waals surface area contributed by atoms with Crippen molar-refractivity contribution >= 4 is 39.3 Å². The van der Waals surface area contributed by atoms with Crippen LogP contribution in [-0.4, -0.2) is 44.9 Å². The quantitative estimate of drug-likeness (QED) is 0.729. The number of carbonyl (C=O) groups excluding carboxylic acids is 1. The molecule has 6 nitrogen and oxygen atoms in total. The summed E-state index contributed by atoms with van der Waals surface area (Å²) in [6, 6.07) is 10.2. The Balaban J connectivity index is 1.68. The highest BCUT2D eigenvalue weighted by atomic mass is 35.5. The molecule has 0 atom stereocenters. The highest BCUT2D eigenvalue weighted by molar-refractivity contribution is 7.89. The van der Waals surface area contributed by atoms with Gasteiger partial charge in [0.1, 0.15) is 0 Å². The number of rotatable bonds is 5. The number of benzene rings is 2. The molecule has 0 aliphatic carbocycles. The van der Waals surface area contributed by atoms with Crippen molar-refractivity contribution in [3.8, 4) is 0 Å². The van der Waals surface area contributed by atoms with Gasteiger partial charge in [-0.3, -0.25) is 4.79 Å². The van der Waals surface area contributed by atoms with E-state index in [1.807, 2.05) is 19.9 Å². The average Bonchev–Trinajstić information content (AvgIpc) is 2.70. The van der Waals surface area contributed by atoms with E-state index in [1.54, 1.807) is 36.4 Å². The number of aryl methyl sites for hydroxylation is 2. The predicted octanol–water partition coefficient (Wildman–Crippen LogP) is 3.63. The molecule has 0 spiro atoms. The Morgan fingerprint density at radius 3 is 2.41 bits per heavy atom. The Hall–Kier alpha value is -2.19. The molecular formula is C21H23ClN2O4S. The fourth-order valence-electron chi connectivity index (χ4n) is 3.10. The van der Waals surface area contributed by atoms with Crippen molar-refractivity contribution < 1.29 is 17.9 Å². The number of nitrogens with zero attached hydrogens (tertiary/aromatic N) is 1. The minimum Gasteiger partial charge on any atom is -0.379 e. The van der Waals surface area contributed by atoms with Gasteiger partial charge in [0.15, 0.2) is 0 Å². The van der Waals surface area contributed by atoms with Gasteiger partial charge in [0.05, 0.1) is 28.8 Å². The highest BCUT2D eigenvalue weighted by Gasteiger charge is 2.25. The van der Waals surface area contributed by atoms with E-state index in [0.29, 0.717) is 42.6 Å². The van der Waals surface area contributed by atoms with Crippen molar-refractivity contribution in [3.63, 3.8) is 0 Å². The Bertz CT molecular complexity index is 1000. The lowest BCUT2D eigenvalue weighted by atomic mass is 10.1. The van der Waals surface area contributed by atoms with Crippen LogP contribution in [-0.2, 0) is 19.6 Å². The second-order valence-electron chi connectivity index (χ2n) is 6.85. The molecule has 154 valence electrons. The molecule has 2 aromatic carbocycles. The molecule has 1 fully saturated rings. The first-order chi connectivity index (χ1) is 13.8. The summed E-state index contributed by atoms with van der Waals surface area (Å²) in [5, 5.41) is 3.27. The number of amides is 1. The van der Waals surface area contributed by atoms with E-state index in [1.165, 1.54) is 10.4 Å². The fourth-order valence-corrected chi connectivity index (χ4v) is 4.87. The molecule has 0 unspecified atom stereocenters. The molecule has 2 aromatic rings. The summed E-state index contributed by atoms with van der Waals surface area (Å²) in [7, 11) is -3.53. The lowest BCUT2D eigenvalue weighted by molar-refractivity contribution is -0.111. The Morgan fingerprint density at radius 1 is 1.14 bits per heavy atom. The van der Waals surface area contributed by atoms with E-state index in [-0.39, 0.29) is 10.8 Å². The van der Waals surface area contributed by atoms with Gasteiger partial charge in [-0.2, -0.15) is 4.31 Å². The number of morpholine rings is 1. The average molecular weight is 435 g/mol. The van der Waals surface area contributed by atoms with E-state index < -0.39 is 10.0 Å². The van der Waals surface area contributed by atoms with Crippen molar-refractivity contribution in [2.45, 2.75) is 18.7 Å². The van der Waals surface area contributed by atoms with Crippen LogP contribution in [0.4, 0.5) is 5.69 Å². The summed E-state index contributed by atoms with van der Waals surface area (Å²) in [6.07, 6.45) is 3.01. The summed E-state index contributed by atoms with van der Waals surface area (Å²) in [5.74, 6) is -0.316. The zero-order valence-corrected chi connectivity index (χ0v) is 17.9. The summed E-state index contributed by atoms with van der Waals surface area (Å²) in [6.45, 7) is 5.33. The number of carbonyl (C=O) groups is 1. The van der Waals surface area contributed by atoms with Gasteiger partial charge >= 0.3 is 0 Å². The van der Waals surface area contributed by atoms with E-state index in [2.05, 4.69) is 5.32 Å². The summed E-state index contributed by atoms with van der Waals surface area (Å²) < 4.78 is 31.9. The van der Waals surface area contributed by atoms with Crippen molar-refractivity contribution in [2.24, 2.45) is 0 Å². The Labute approximate surface area is 176 Å². The van der Waals surface area contributed by atoms with Crippen molar-refractivity contribution in [1.29, 1.82) is 0 Å². The van der Waals surface area contributed by atoms with Crippen LogP contribution < -0.4 is 5.32 Å². The third-order valence-electron chi connectivity index (χ3n) is 4.60. The van der Waals surface area contributed by atoms with E-state index in [9.17, 15) is 13.2 Å². The number of nitrogens with one attached hydrogen (secondary N) is 1. The predicted molar refractivity (Wildman–Crippen MR) is 115 cm³/mol. The van der Waals surface area contributed by atoms with Crippen LogP contribution >= 0.6 is 11.6 Å². The summed E-state index contributed by atoms with van der Waals surface area (Å²) in [5.41, 5.74) is 3.20. The second-order valence-corrected chi connectivity index (χ2v) is 9.19. The van der Waals surface area contributed by atoms with Crippen LogP contribution in [0.15, 0.2) is 47.4 Å². The van der Waals surface area contributed by atoms with Gasteiger partial charge in [-0.25, -0.2) is 8.42 Å². The molecule has 1 amide bonds. The van der Waals surface area contributed by atoms with E-state index >= 15 is 0 Å². The summed E-state index contributed by atoms with van der Waals surface area (Å²) in [4.78, 5) is 12.5. The molecule has 1 heterocycles. The van der Waals surface area contributed by atoms with Crippen LogP contribution in [0.3, 0.4) is 0 Å². The molecule has 1 aliphatic rings. The number of halogens is 1. The number of hydrogen-bond donors (Lipinski definition) is 1. The van der Waals surface area contributed by atoms with Gasteiger partial charge in [0.2, 0.25) is 15.9 Å².